The van der Waals surface area contributed by atoms with Crippen LogP contribution in [0.2, 0.25) is 0 Å². The molecule has 28 aliphatic rings. The maximum atomic E-state index is 9.34. The Kier molecular flexibility index (Phi) is 15.4. The standard InChI is InChI=1S/C78H80N3.Ir/c1-74(2)44-55-40-56-42-57(41-55)46-76(5,6)67-31-25-63(26-32-67)73-43-70(60-19-17-59(18-20-60)58-13-11-12-14-58)64(49-79-73)16-15-52-37-53(47-77(7,8)68-33-35-71(80-50-68)61-21-27-65(74)28-22-61)39-54(38-52)48-78(9,10)69-34-36-72(81-51-69)62-23-29-66(30-24-62)75(3,4)45-56;/h17-21,23,25,27-43,49-51,58H,11-16,44-48H2,1-10H3;/q-3;+3/i58D;. The van der Waals surface area contributed by atoms with Gasteiger partial charge in [-0.15, -0.1) is 106 Å². The van der Waals surface area contributed by atoms with Gasteiger partial charge in [0.1, 0.15) is 0 Å². The summed E-state index contributed by atoms with van der Waals surface area (Å²) in [6, 6.07) is 66.3. The molecule has 18 aliphatic heterocycles. The molecule has 3 nitrogen and oxygen atoms in total. The molecule has 1 saturated carbocycles. The molecule has 9 aromatic rings. The zero-order valence-corrected chi connectivity index (χ0v) is 52.4. The number of aryl methyl sites for hydroxylation is 2. The Labute approximate surface area is 505 Å². The van der Waals surface area contributed by atoms with Crippen LogP contribution < -0.4 is 0 Å². The molecule has 4 heteroatoms. The summed E-state index contributed by atoms with van der Waals surface area (Å²) in [4.78, 5) is 15.5. The Morgan fingerprint density at radius 2 is 0.756 bits per heavy atom. The minimum absolute atomic E-state index is 0. The molecule has 0 spiro atoms. The number of pyridine rings is 3. The van der Waals surface area contributed by atoms with Crippen LogP contribution in [0.1, 0.15) is 175 Å². The van der Waals surface area contributed by atoms with E-state index in [-0.39, 0.29) is 47.2 Å². The van der Waals surface area contributed by atoms with Crippen LogP contribution in [-0.4, -0.2) is 15.0 Å². The molecule has 10 aliphatic carbocycles. The van der Waals surface area contributed by atoms with Crippen molar-refractivity contribution in [2.24, 2.45) is 0 Å². The van der Waals surface area contributed by atoms with Crippen LogP contribution in [0.25, 0.3) is 44.9 Å². The van der Waals surface area contributed by atoms with Crippen LogP contribution in [0.5, 0.6) is 0 Å². The quantitative estimate of drug-likeness (QED) is 0.162. The number of rotatable bonds is 2. The maximum Gasteiger partial charge on any atom is 3.00 e. The Morgan fingerprint density at radius 1 is 0.390 bits per heavy atom. The van der Waals surface area contributed by atoms with E-state index in [1.54, 1.807) is 0 Å². The number of benzene rings is 6. The zero-order valence-electron chi connectivity index (χ0n) is 51.0. The summed E-state index contributed by atoms with van der Waals surface area (Å²) in [5.41, 5.74) is 23.8. The van der Waals surface area contributed by atoms with E-state index in [1.165, 1.54) is 72.3 Å². The van der Waals surface area contributed by atoms with E-state index >= 15 is 0 Å². The number of hydrogen-bond acceptors (Lipinski definition) is 3. The van der Waals surface area contributed by atoms with Gasteiger partial charge in [0.05, 0.1) is 0 Å². The van der Waals surface area contributed by atoms with Crippen molar-refractivity contribution in [1.29, 1.82) is 0 Å². The average Bonchev–Trinajstić information content (AvgIpc) is 4.02. The molecule has 0 atom stereocenters. The van der Waals surface area contributed by atoms with E-state index < -0.39 is 5.89 Å². The molecular formula is C78H80IrN3. The summed E-state index contributed by atoms with van der Waals surface area (Å²) in [5.74, 6) is -0.502. The first kappa shape index (κ1) is 55.9. The summed E-state index contributed by atoms with van der Waals surface area (Å²) in [7, 11) is 0. The monoisotopic (exact) mass is 1250 g/mol. The van der Waals surface area contributed by atoms with Crippen LogP contribution in [0.15, 0.2) is 164 Å². The minimum Gasteiger partial charge on any atom is -0.304 e. The number of aromatic nitrogens is 3. The second-order valence-corrected chi connectivity index (χ2v) is 27.6. The van der Waals surface area contributed by atoms with Crippen molar-refractivity contribution in [3.05, 3.63) is 255 Å². The third-order valence-corrected chi connectivity index (χ3v) is 18.6. The fraction of sp³-hybridized carbons (Fsp3) is 0.346. The Hall–Kier alpha value is -6.58. The van der Waals surface area contributed by atoms with Gasteiger partial charge in [-0.25, -0.2) is 0 Å². The maximum absolute atomic E-state index is 9.34. The third-order valence-electron chi connectivity index (χ3n) is 18.6. The van der Waals surface area contributed by atoms with Crippen molar-refractivity contribution in [1.82, 2.24) is 15.0 Å². The second-order valence-electron chi connectivity index (χ2n) is 27.6. The Bertz CT molecular complexity index is 3610. The fourth-order valence-electron chi connectivity index (χ4n) is 13.7. The molecule has 18 bridgehead atoms. The zero-order chi connectivity index (χ0) is 57.2. The smallest absolute Gasteiger partial charge is 0.304 e. The van der Waals surface area contributed by atoms with Gasteiger partial charge in [0.15, 0.2) is 0 Å². The Balaban J connectivity index is 0.00000721. The first-order chi connectivity index (χ1) is 39.1. The molecular weight excluding hydrogens is 1170 g/mol. The molecule has 6 aromatic carbocycles. The molecule has 0 N–H and O–H groups in total. The van der Waals surface area contributed by atoms with Gasteiger partial charge in [-0.2, -0.15) is 0 Å². The predicted octanol–water partition coefficient (Wildman–Crippen LogP) is 18.6. The van der Waals surface area contributed by atoms with Gasteiger partial charge >= 0.3 is 20.1 Å². The van der Waals surface area contributed by atoms with Crippen molar-refractivity contribution in [2.45, 2.75) is 173 Å². The SMILES string of the molecule is [2H]C1(c2ccc(-c3cc4ncc3CCc3cc5cc(c3)CC(C)(C)c3ccc(nc3)-c3[c-]cc(cc3)C(C)(C)Cc3cc(cc(c3)CC(C)(C)c3c[c-]c-4cc3)CC(C)(C)c3c[c-]c(cc3)-c3ccc(cn3)C(C)(C)C5)cc2)CCCC1.[Ir+3]. The molecule has 82 heavy (non-hydrogen) atoms. The molecule has 21 heterocycles. The average molecular weight is 1250 g/mol. The minimum atomic E-state index is -0.502. The number of nitrogens with zero attached hydrogens (tertiary/aromatic N) is 3. The predicted molar refractivity (Wildman–Crippen MR) is 336 cm³/mol. The van der Waals surface area contributed by atoms with Crippen molar-refractivity contribution in [2.75, 3.05) is 0 Å². The molecule has 0 saturated heterocycles. The topological polar surface area (TPSA) is 38.7 Å². The summed E-state index contributed by atoms with van der Waals surface area (Å²) in [6.07, 6.45) is 16.4. The van der Waals surface area contributed by atoms with Crippen LogP contribution in [-0.2, 0) is 92.1 Å². The van der Waals surface area contributed by atoms with Gasteiger partial charge in [-0.1, -0.05) is 173 Å². The molecule has 0 unspecified atom stereocenters. The number of hydrogen-bond donors (Lipinski definition) is 0. The largest absolute Gasteiger partial charge is 3.00 e. The van der Waals surface area contributed by atoms with Crippen LogP contribution in [0.3, 0.4) is 0 Å². The van der Waals surface area contributed by atoms with E-state index in [9.17, 15) is 1.37 Å². The van der Waals surface area contributed by atoms with Gasteiger partial charge in [-0.05, 0) is 175 Å². The second kappa shape index (κ2) is 22.5. The molecule has 37 rings (SSSR count). The van der Waals surface area contributed by atoms with E-state index in [1.807, 2.05) is 0 Å². The summed E-state index contributed by atoms with van der Waals surface area (Å²) in [5, 5.41) is 0. The normalized spacial score (nSPS) is 18.5. The van der Waals surface area contributed by atoms with Gasteiger partial charge in [0, 0.05) is 20.0 Å². The van der Waals surface area contributed by atoms with Crippen LogP contribution >= 0.6 is 0 Å². The van der Waals surface area contributed by atoms with E-state index in [0.717, 1.165) is 116 Å². The molecule has 0 amide bonds. The van der Waals surface area contributed by atoms with E-state index in [4.69, 9.17) is 15.0 Å². The van der Waals surface area contributed by atoms with Crippen LogP contribution in [0.4, 0.5) is 0 Å². The van der Waals surface area contributed by atoms with Crippen LogP contribution in [0, 0.1) is 18.2 Å². The molecule has 416 valence electrons. The molecule has 3 aromatic heterocycles. The van der Waals surface area contributed by atoms with E-state index in [2.05, 4.69) is 252 Å². The first-order valence-electron chi connectivity index (χ1n) is 30.4. The molecule has 1 fully saturated rings. The molecule has 0 radical (unpaired) electrons. The third kappa shape index (κ3) is 12.2. The first-order valence-corrected chi connectivity index (χ1v) is 29.9. The van der Waals surface area contributed by atoms with Crippen molar-refractivity contribution in [3.8, 4) is 44.9 Å². The van der Waals surface area contributed by atoms with Gasteiger partial charge in [0.25, 0.3) is 0 Å². The summed E-state index contributed by atoms with van der Waals surface area (Å²) < 4.78 is 9.34. The fourth-order valence-corrected chi connectivity index (χ4v) is 13.7. The van der Waals surface area contributed by atoms with E-state index in [0.29, 0.717) is 0 Å². The summed E-state index contributed by atoms with van der Waals surface area (Å²) >= 11 is 0. The Morgan fingerprint density at radius 3 is 1.13 bits per heavy atom. The van der Waals surface area contributed by atoms with Crippen molar-refractivity contribution >= 4 is 0 Å². The van der Waals surface area contributed by atoms with Gasteiger partial charge in [0.2, 0.25) is 0 Å². The van der Waals surface area contributed by atoms with Gasteiger partial charge in [-0.3, -0.25) is 0 Å². The van der Waals surface area contributed by atoms with Crippen molar-refractivity contribution < 1.29 is 21.5 Å². The van der Waals surface area contributed by atoms with Gasteiger partial charge < -0.3 is 15.0 Å². The summed E-state index contributed by atoms with van der Waals surface area (Å²) in [6.45, 7) is 23.7. The van der Waals surface area contributed by atoms with Crippen molar-refractivity contribution in [3.63, 3.8) is 0 Å².